The average Bonchev–Trinajstić information content (AvgIpc) is 2.83. The van der Waals surface area contributed by atoms with Crippen molar-refractivity contribution in [2.45, 2.75) is 32.7 Å². The van der Waals surface area contributed by atoms with E-state index in [2.05, 4.69) is 43.4 Å². The first kappa shape index (κ1) is 12.1. The number of hydrogen-bond acceptors (Lipinski definition) is 2. The highest BCUT2D eigenvalue weighted by Crippen LogP contribution is 2.41. The third-order valence-electron chi connectivity index (χ3n) is 3.56. The molecule has 1 heterocycles. The Labute approximate surface area is 117 Å². The summed E-state index contributed by atoms with van der Waals surface area (Å²) >= 11 is 7.81. The average molecular weight is 278 g/mol. The molecule has 0 amide bonds. The van der Waals surface area contributed by atoms with Crippen LogP contribution in [0.2, 0.25) is 4.34 Å². The van der Waals surface area contributed by atoms with Gasteiger partial charge in [0.25, 0.3) is 0 Å². The maximum absolute atomic E-state index is 6.09. The zero-order valence-corrected chi connectivity index (χ0v) is 12.2. The smallest absolute Gasteiger partial charge is 0.0934 e. The molecule has 1 aromatic carbocycles. The number of benzene rings is 1. The fraction of sp³-hybridized carbons (Fsp3) is 0.333. The van der Waals surface area contributed by atoms with E-state index in [1.807, 2.05) is 0 Å². The second-order valence-corrected chi connectivity index (χ2v) is 6.75. The van der Waals surface area contributed by atoms with E-state index in [0.29, 0.717) is 6.04 Å². The van der Waals surface area contributed by atoms with Crippen molar-refractivity contribution < 1.29 is 0 Å². The van der Waals surface area contributed by atoms with Gasteiger partial charge in [0.1, 0.15) is 0 Å². The van der Waals surface area contributed by atoms with Gasteiger partial charge in [0.05, 0.1) is 10.4 Å². The molecular formula is C15H16ClNS. The van der Waals surface area contributed by atoms with E-state index in [9.17, 15) is 0 Å². The maximum atomic E-state index is 6.09. The third kappa shape index (κ3) is 2.15. The Bertz CT molecular complexity index is 588. The zero-order chi connectivity index (χ0) is 12.7. The van der Waals surface area contributed by atoms with Crippen molar-refractivity contribution in [1.82, 2.24) is 0 Å². The minimum absolute atomic E-state index is 0.421. The van der Waals surface area contributed by atoms with Gasteiger partial charge in [-0.25, -0.2) is 0 Å². The van der Waals surface area contributed by atoms with Crippen molar-refractivity contribution in [3.63, 3.8) is 0 Å². The van der Waals surface area contributed by atoms with Crippen LogP contribution in [0.5, 0.6) is 0 Å². The molecule has 0 fully saturated rings. The highest BCUT2D eigenvalue weighted by molar-refractivity contribution is 7.16. The van der Waals surface area contributed by atoms with Gasteiger partial charge in [0.15, 0.2) is 0 Å². The van der Waals surface area contributed by atoms with Crippen molar-refractivity contribution in [3.05, 3.63) is 50.2 Å². The topological polar surface area (TPSA) is 12.0 Å². The van der Waals surface area contributed by atoms with Gasteiger partial charge in [-0.05, 0) is 49.9 Å². The summed E-state index contributed by atoms with van der Waals surface area (Å²) in [6.45, 7) is 4.29. The minimum Gasteiger partial charge on any atom is -0.378 e. The lowest BCUT2D eigenvalue weighted by Gasteiger charge is -2.17. The van der Waals surface area contributed by atoms with E-state index in [0.717, 1.165) is 10.8 Å². The molecule has 1 aromatic heterocycles. The molecule has 1 atom stereocenters. The lowest BCUT2D eigenvalue weighted by molar-refractivity contribution is 0.761. The minimum atomic E-state index is 0.421. The Morgan fingerprint density at radius 3 is 2.89 bits per heavy atom. The summed E-state index contributed by atoms with van der Waals surface area (Å²) < 4.78 is 0.909. The van der Waals surface area contributed by atoms with Crippen LogP contribution >= 0.6 is 22.9 Å². The van der Waals surface area contributed by atoms with Crippen LogP contribution in [0.15, 0.2) is 24.3 Å². The monoisotopic (exact) mass is 277 g/mol. The molecule has 18 heavy (non-hydrogen) atoms. The predicted molar refractivity (Wildman–Crippen MR) is 79.9 cm³/mol. The van der Waals surface area contributed by atoms with E-state index >= 15 is 0 Å². The molecule has 0 aliphatic heterocycles. The van der Waals surface area contributed by atoms with Gasteiger partial charge in [-0.3, -0.25) is 0 Å². The molecule has 0 radical (unpaired) electrons. The van der Waals surface area contributed by atoms with Crippen molar-refractivity contribution in [2.75, 3.05) is 5.32 Å². The lowest BCUT2D eigenvalue weighted by Crippen LogP contribution is -2.07. The van der Waals surface area contributed by atoms with Crippen molar-refractivity contribution in [1.29, 1.82) is 0 Å². The van der Waals surface area contributed by atoms with Gasteiger partial charge < -0.3 is 5.32 Å². The number of hydrogen-bond donors (Lipinski definition) is 1. The highest BCUT2D eigenvalue weighted by Gasteiger charge is 2.25. The fourth-order valence-electron chi connectivity index (χ4n) is 2.64. The van der Waals surface area contributed by atoms with Crippen LogP contribution in [-0.2, 0) is 6.42 Å². The molecule has 2 aromatic rings. The maximum Gasteiger partial charge on any atom is 0.0934 e. The van der Waals surface area contributed by atoms with Crippen molar-refractivity contribution >= 4 is 28.6 Å². The number of nitrogens with one attached hydrogen (secondary N) is 1. The molecule has 3 heteroatoms. The zero-order valence-electron chi connectivity index (χ0n) is 10.6. The summed E-state index contributed by atoms with van der Waals surface area (Å²) in [6.07, 6.45) is 2.32. The standard InChI is InChI=1S/C15H16ClNS/c1-9-3-4-12(10(2)7-9)17-13-5-6-14-11(13)8-15(16)18-14/h3-4,7-8,13,17H,5-6H2,1-2H3. The van der Waals surface area contributed by atoms with Crippen LogP contribution < -0.4 is 5.32 Å². The summed E-state index contributed by atoms with van der Waals surface area (Å²) in [5, 5.41) is 3.65. The first-order valence-corrected chi connectivity index (χ1v) is 7.45. The molecule has 1 nitrogen and oxygen atoms in total. The number of halogens is 1. The Balaban J connectivity index is 1.85. The van der Waals surface area contributed by atoms with Crippen LogP contribution in [0.3, 0.4) is 0 Å². The first-order chi connectivity index (χ1) is 8.63. The second-order valence-electron chi connectivity index (χ2n) is 4.98. The van der Waals surface area contributed by atoms with E-state index < -0.39 is 0 Å². The van der Waals surface area contributed by atoms with Crippen LogP contribution in [0.1, 0.15) is 34.0 Å². The van der Waals surface area contributed by atoms with E-state index in [-0.39, 0.29) is 0 Å². The van der Waals surface area contributed by atoms with Gasteiger partial charge in [-0.15, -0.1) is 11.3 Å². The number of aryl methyl sites for hydroxylation is 3. The highest BCUT2D eigenvalue weighted by atomic mass is 35.5. The van der Waals surface area contributed by atoms with Crippen LogP contribution in [0.4, 0.5) is 5.69 Å². The number of fused-ring (bicyclic) bond motifs is 1. The molecule has 0 bridgehead atoms. The summed E-state index contributed by atoms with van der Waals surface area (Å²) in [6, 6.07) is 9.10. The predicted octanol–water partition coefficient (Wildman–Crippen LogP) is 5.12. The molecule has 0 saturated carbocycles. The van der Waals surface area contributed by atoms with E-state index in [4.69, 9.17) is 11.6 Å². The Hall–Kier alpha value is -0.990. The lowest BCUT2D eigenvalue weighted by atomic mass is 10.1. The summed E-state index contributed by atoms with van der Waals surface area (Å²) in [5.41, 5.74) is 5.25. The normalized spacial score (nSPS) is 17.8. The van der Waals surface area contributed by atoms with Gasteiger partial charge in [0, 0.05) is 10.6 Å². The fourth-order valence-corrected chi connectivity index (χ4v) is 4.00. The molecule has 1 aliphatic carbocycles. The number of thiophene rings is 1. The molecule has 94 valence electrons. The second kappa shape index (κ2) is 4.60. The van der Waals surface area contributed by atoms with Gasteiger partial charge >= 0.3 is 0 Å². The number of rotatable bonds is 2. The summed E-state index contributed by atoms with van der Waals surface area (Å²) in [7, 11) is 0. The van der Waals surface area contributed by atoms with Crippen LogP contribution in [0.25, 0.3) is 0 Å². The molecule has 0 spiro atoms. The molecular weight excluding hydrogens is 262 g/mol. The molecule has 3 rings (SSSR count). The van der Waals surface area contributed by atoms with Crippen molar-refractivity contribution in [2.24, 2.45) is 0 Å². The quantitative estimate of drug-likeness (QED) is 0.803. The van der Waals surface area contributed by atoms with E-state index in [1.54, 1.807) is 11.3 Å². The Morgan fingerprint density at radius 2 is 2.11 bits per heavy atom. The molecule has 1 N–H and O–H groups in total. The number of anilines is 1. The van der Waals surface area contributed by atoms with Gasteiger partial charge in [-0.2, -0.15) is 0 Å². The van der Waals surface area contributed by atoms with Gasteiger partial charge in [0.2, 0.25) is 0 Å². The van der Waals surface area contributed by atoms with Gasteiger partial charge in [-0.1, -0.05) is 29.3 Å². The molecule has 0 saturated heterocycles. The summed E-state index contributed by atoms with van der Waals surface area (Å²) in [4.78, 5) is 1.45. The third-order valence-corrected chi connectivity index (χ3v) is 4.90. The Morgan fingerprint density at radius 1 is 1.28 bits per heavy atom. The Kier molecular flexibility index (Phi) is 3.08. The molecule has 1 aliphatic rings. The van der Waals surface area contributed by atoms with E-state index in [1.165, 1.54) is 33.7 Å². The van der Waals surface area contributed by atoms with Crippen LogP contribution in [-0.4, -0.2) is 0 Å². The van der Waals surface area contributed by atoms with Crippen molar-refractivity contribution in [3.8, 4) is 0 Å². The molecule has 1 unspecified atom stereocenters. The summed E-state index contributed by atoms with van der Waals surface area (Å²) in [5.74, 6) is 0. The largest absolute Gasteiger partial charge is 0.378 e. The van der Waals surface area contributed by atoms with Crippen LogP contribution in [0, 0.1) is 13.8 Å². The first-order valence-electron chi connectivity index (χ1n) is 6.25. The SMILES string of the molecule is Cc1ccc(NC2CCc3sc(Cl)cc32)c(C)c1.